The first-order chi connectivity index (χ1) is 11.5. The van der Waals surface area contributed by atoms with Gasteiger partial charge in [-0.15, -0.1) is 0 Å². The smallest absolute Gasteiger partial charge is 0.171 e. The predicted molar refractivity (Wildman–Crippen MR) is 108 cm³/mol. The highest BCUT2D eigenvalue weighted by atomic mass is 32.1. The molecular formula is C21H22N2S. The maximum Gasteiger partial charge on any atom is 0.171 e. The second-order valence-corrected chi connectivity index (χ2v) is 6.61. The van der Waals surface area contributed by atoms with E-state index in [0.29, 0.717) is 11.7 Å². The van der Waals surface area contributed by atoms with Gasteiger partial charge in [-0.3, -0.25) is 0 Å². The van der Waals surface area contributed by atoms with Crippen molar-refractivity contribution in [2.45, 2.75) is 27.3 Å². The molecule has 3 rings (SSSR count). The van der Waals surface area contributed by atoms with Crippen molar-refractivity contribution < 1.29 is 0 Å². The molecule has 0 saturated carbocycles. The average Bonchev–Trinajstić information content (AvgIpc) is 2.58. The van der Waals surface area contributed by atoms with Gasteiger partial charge in [0.05, 0.1) is 0 Å². The number of anilines is 1. The number of nitrogens with one attached hydrogen (secondary N) is 2. The quantitative estimate of drug-likeness (QED) is 0.640. The minimum Gasteiger partial charge on any atom is -0.358 e. The van der Waals surface area contributed by atoms with E-state index in [0.717, 1.165) is 5.69 Å². The largest absolute Gasteiger partial charge is 0.358 e. The van der Waals surface area contributed by atoms with E-state index in [1.165, 1.54) is 33.0 Å². The van der Waals surface area contributed by atoms with Crippen LogP contribution in [0.2, 0.25) is 0 Å². The van der Waals surface area contributed by atoms with E-state index in [-0.39, 0.29) is 0 Å². The normalized spacial score (nSPS) is 10.6. The molecule has 0 unspecified atom stereocenters. The zero-order chi connectivity index (χ0) is 17.1. The first-order valence-corrected chi connectivity index (χ1v) is 8.55. The Morgan fingerprint density at radius 3 is 2.42 bits per heavy atom. The lowest BCUT2D eigenvalue weighted by Gasteiger charge is -2.15. The molecule has 0 atom stereocenters. The van der Waals surface area contributed by atoms with Crippen LogP contribution in [0, 0.1) is 20.8 Å². The summed E-state index contributed by atoms with van der Waals surface area (Å²) in [5, 5.41) is 9.80. The summed E-state index contributed by atoms with van der Waals surface area (Å²) in [6, 6.07) is 19.1. The first-order valence-electron chi connectivity index (χ1n) is 8.14. The maximum absolute atomic E-state index is 5.47. The Morgan fingerprint density at radius 1 is 0.875 bits per heavy atom. The molecule has 0 spiro atoms. The van der Waals surface area contributed by atoms with Crippen molar-refractivity contribution in [2.75, 3.05) is 5.32 Å². The molecule has 24 heavy (non-hydrogen) atoms. The molecule has 0 aliphatic carbocycles. The van der Waals surface area contributed by atoms with Gasteiger partial charge >= 0.3 is 0 Å². The molecule has 3 heteroatoms. The number of rotatable bonds is 3. The highest BCUT2D eigenvalue weighted by Gasteiger charge is 2.05. The van der Waals surface area contributed by atoms with Crippen molar-refractivity contribution in [3.05, 3.63) is 76.9 Å². The highest BCUT2D eigenvalue weighted by molar-refractivity contribution is 7.80. The van der Waals surface area contributed by atoms with Crippen molar-refractivity contribution in [3.63, 3.8) is 0 Å². The monoisotopic (exact) mass is 334 g/mol. The molecule has 3 aromatic rings. The lowest BCUT2D eigenvalue weighted by atomic mass is 10.0. The fraction of sp³-hybridized carbons (Fsp3) is 0.190. The second-order valence-electron chi connectivity index (χ2n) is 6.20. The number of thiocarbonyl (C=S) groups is 1. The van der Waals surface area contributed by atoms with Crippen LogP contribution in [0.5, 0.6) is 0 Å². The Hall–Kier alpha value is -2.39. The highest BCUT2D eigenvalue weighted by Crippen LogP contribution is 2.21. The molecule has 0 amide bonds. The van der Waals surface area contributed by atoms with Crippen molar-refractivity contribution in [1.29, 1.82) is 0 Å². The van der Waals surface area contributed by atoms with E-state index < -0.39 is 0 Å². The van der Waals surface area contributed by atoms with Gasteiger partial charge in [0.2, 0.25) is 0 Å². The summed E-state index contributed by atoms with van der Waals surface area (Å²) in [6.07, 6.45) is 0. The van der Waals surface area contributed by atoms with Crippen LogP contribution in [0.3, 0.4) is 0 Å². The molecule has 0 heterocycles. The van der Waals surface area contributed by atoms with E-state index in [2.05, 4.69) is 86.0 Å². The minimum absolute atomic E-state index is 0.647. The number of fused-ring (bicyclic) bond motifs is 1. The van der Waals surface area contributed by atoms with Gasteiger partial charge in [-0.25, -0.2) is 0 Å². The summed E-state index contributed by atoms with van der Waals surface area (Å²) in [7, 11) is 0. The zero-order valence-corrected chi connectivity index (χ0v) is 15.1. The average molecular weight is 334 g/mol. The van der Waals surface area contributed by atoms with Crippen LogP contribution in [0.1, 0.15) is 22.3 Å². The minimum atomic E-state index is 0.647. The Morgan fingerprint density at radius 2 is 1.58 bits per heavy atom. The van der Waals surface area contributed by atoms with E-state index in [4.69, 9.17) is 12.2 Å². The third-order valence-electron chi connectivity index (χ3n) is 4.41. The van der Waals surface area contributed by atoms with Crippen LogP contribution in [0.25, 0.3) is 10.8 Å². The van der Waals surface area contributed by atoms with E-state index >= 15 is 0 Å². The molecule has 0 bridgehead atoms. The number of benzene rings is 3. The molecule has 0 fully saturated rings. The zero-order valence-electron chi connectivity index (χ0n) is 14.3. The van der Waals surface area contributed by atoms with Gasteiger partial charge in [0.1, 0.15) is 0 Å². The van der Waals surface area contributed by atoms with Gasteiger partial charge in [-0.1, -0.05) is 48.5 Å². The van der Waals surface area contributed by atoms with Crippen LogP contribution < -0.4 is 10.6 Å². The molecular weight excluding hydrogens is 312 g/mol. The second kappa shape index (κ2) is 7.02. The topological polar surface area (TPSA) is 24.1 Å². The molecule has 0 saturated heterocycles. The molecule has 2 nitrogen and oxygen atoms in total. The third-order valence-corrected chi connectivity index (χ3v) is 4.65. The van der Waals surface area contributed by atoms with Crippen LogP contribution >= 0.6 is 12.2 Å². The van der Waals surface area contributed by atoms with Crippen LogP contribution in [0.4, 0.5) is 5.69 Å². The van der Waals surface area contributed by atoms with Crippen LogP contribution in [-0.4, -0.2) is 5.11 Å². The molecule has 0 aliphatic rings. The number of hydrogen-bond acceptors (Lipinski definition) is 1. The van der Waals surface area contributed by atoms with Gasteiger partial charge in [-0.2, -0.15) is 0 Å². The lowest BCUT2D eigenvalue weighted by Crippen LogP contribution is -2.28. The molecule has 0 radical (unpaired) electrons. The molecule has 3 aromatic carbocycles. The van der Waals surface area contributed by atoms with Crippen LogP contribution in [-0.2, 0) is 6.54 Å². The Bertz CT molecular complexity index is 894. The van der Waals surface area contributed by atoms with Gasteiger partial charge in [0.25, 0.3) is 0 Å². The van der Waals surface area contributed by atoms with E-state index in [9.17, 15) is 0 Å². The van der Waals surface area contributed by atoms with Gasteiger partial charge < -0.3 is 10.6 Å². The van der Waals surface area contributed by atoms with Crippen LogP contribution in [0.15, 0.2) is 54.6 Å². The van der Waals surface area contributed by atoms with E-state index in [1.807, 2.05) is 0 Å². The van der Waals surface area contributed by atoms with Crippen molar-refractivity contribution in [1.82, 2.24) is 5.32 Å². The van der Waals surface area contributed by atoms with Crippen molar-refractivity contribution in [2.24, 2.45) is 0 Å². The Labute approximate surface area is 148 Å². The number of hydrogen-bond donors (Lipinski definition) is 2. The van der Waals surface area contributed by atoms with Gasteiger partial charge in [0.15, 0.2) is 5.11 Å². The summed E-state index contributed by atoms with van der Waals surface area (Å²) in [4.78, 5) is 0. The summed E-state index contributed by atoms with van der Waals surface area (Å²) in [5.74, 6) is 0. The first kappa shape index (κ1) is 16.5. The number of aryl methyl sites for hydroxylation is 3. The summed E-state index contributed by atoms with van der Waals surface area (Å²) in [6.45, 7) is 7.05. The third kappa shape index (κ3) is 3.57. The maximum atomic E-state index is 5.47. The molecule has 2 N–H and O–H groups in total. The fourth-order valence-electron chi connectivity index (χ4n) is 2.88. The van der Waals surface area contributed by atoms with Gasteiger partial charge in [-0.05, 0) is 72.1 Å². The summed E-state index contributed by atoms with van der Waals surface area (Å²) < 4.78 is 0. The summed E-state index contributed by atoms with van der Waals surface area (Å²) >= 11 is 5.47. The Balaban J connectivity index is 1.71. The molecule has 0 aliphatic heterocycles. The SMILES string of the molecule is Cc1cc(C)c(NC(=S)NCc2cccc3ccccc23)cc1C. The van der Waals surface area contributed by atoms with Gasteiger partial charge in [0, 0.05) is 12.2 Å². The Kier molecular flexibility index (Phi) is 4.81. The molecule has 122 valence electrons. The van der Waals surface area contributed by atoms with Crippen molar-refractivity contribution >= 4 is 33.8 Å². The fourth-order valence-corrected chi connectivity index (χ4v) is 3.07. The lowest BCUT2D eigenvalue weighted by molar-refractivity contribution is 0.934. The summed E-state index contributed by atoms with van der Waals surface area (Å²) in [5.41, 5.74) is 6.07. The standard InChI is InChI=1S/C21H22N2S/c1-14-11-16(3)20(12-15(14)2)23-21(24)22-13-18-9-6-8-17-7-4-5-10-19(17)18/h4-12H,13H2,1-3H3,(H2,22,23,24). The predicted octanol–water partition coefficient (Wildman–Crippen LogP) is 5.25. The van der Waals surface area contributed by atoms with Crippen molar-refractivity contribution in [3.8, 4) is 0 Å². The molecule has 0 aromatic heterocycles. The van der Waals surface area contributed by atoms with E-state index in [1.54, 1.807) is 0 Å².